The van der Waals surface area contributed by atoms with Gasteiger partial charge in [0.15, 0.2) is 6.79 Å². The highest BCUT2D eigenvalue weighted by molar-refractivity contribution is 14.1. The second-order valence-corrected chi connectivity index (χ2v) is 18.1. The van der Waals surface area contributed by atoms with Gasteiger partial charge in [-0.3, -0.25) is 0 Å². The number of phenols is 1. The number of aromatic hydroxyl groups is 1. The van der Waals surface area contributed by atoms with E-state index in [2.05, 4.69) is 64.2 Å². The number of halogens is 2. The summed E-state index contributed by atoms with van der Waals surface area (Å²) in [6.07, 6.45) is 1.62. The number of benzene rings is 5. The molecule has 0 heterocycles. The fraction of sp³-hybridized carbons (Fsp3) is 0.320. The second-order valence-electron chi connectivity index (χ2n) is 15.7. The maximum atomic E-state index is 13.6. The number of allylic oxidation sites excluding steroid dienone is 1. The first-order chi connectivity index (χ1) is 28.6. The summed E-state index contributed by atoms with van der Waals surface area (Å²) in [4.78, 5) is 27.1. The van der Waals surface area contributed by atoms with Gasteiger partial charge in [-0.05, 0) is 164 Å². The van der Waals surface area contributed by atoms with Gasteiger partial charge in [0.1, 0.15) is 40.6 Å². The van der Waals surface area contributed by atoms with Crippen LogP contribution in [0.25, 0.3) is 0 Å². The molecule has 1 N–H and O–H groups in total. The van der Waals surface area contributed by atoms with E-state index in [-0.39, 0.29) is 43.6 Å². The highest BCUT2D eigenvalue weighted by Gasteiger charge is 2.30. The molecule has 0 radical (unpaired) electrons. The molecule has 0 saturated carbocycles. The molecule has 8 nitrogen and oxygen atoms in total. The fourth-order valence-corrected chi connectivity index (χ4v) is 8.97. The third-order valence-corrected chi connectivity index (χ3v) is 12.1. The molecule has 316 valence electrons. The molecular formula is C50H54I2O8. The summed E-state index contributed by atoms with van der Waals surface area (Å²) in [5.74, 6) is 0.561. The minimum Gasteiger partial charge on any atom is -0.508 e. The third-order valence-electron chi connectivity index (χ3n) is 10.7. The summed E-state index contributed by atoms with van der Waals surface area (Å²) in [6.45, 7) is 14.0. The van der Waals surface area contributed by atoms with Crippen molar-refractivity contribution in [2.75, 3.05) is 20.0 Å². The minimum atomic E-state index is -0.831. The lowest BCUT2D eigenvalue weighted by Crippen LogP contribution is -2.26. The van der Waals surface area contributed by atoms with Crippen molar-refractivity contribution in [3.63, 3.8) is 0 Å². The molecule has 2 atom stereocenters. The molecule has 0 fully saturated rings. The highest BCUT2D eigenvalue weighted by Crippen LogP contribution is 2.40. The van der Waals surface area contributed by atoms with Gasteiger partial charge in [0.25, 0.3) is 0 Å². The summed E-state index contributed by atoms with van der Waals surface area (Å²) in [7, 11) is 0. The summed E-state index contributed by atoms with van der Waals surface area (Å²) in [5.41, 5.74) is 4.20. The molecule has 0 amide bonds. The molecule has 10 heteroatoms. The van der Waals surface area contributed by atoms with E-state index in [4.69, 9.17) is 23.7 Å². The van der Waals surface area contributed by atoms with Crippen LogP contribution in [0, 0.1) is 7.14 Å². The van der Waals surface area contributed by atoms with Crippen molar-refractivity contribution < 1.29 is 38.4 Å². The Morgan fingerprint density at radius 1 is 0.700 bits per heavy atom. The predicted octanol–water partition coefficient (Wildman–Crippen LogP) is 12.6. The minimum absolute atomic E-state index is 0.0211. The zero-order valence-electron chi connectivity index (χ0n) is 35.3. The van der Waals surface area contributed by atoms with Crippen LogP contribution in [-0.2, 0) is 30.2 Å². The smallest absolute Gasteiger partial charge is 0.342 e. The van der Waals surface area contributed by atoms with Crippen molar-refractivity contribution in [1.82, 2.24) is 0 Å². The first kappa shape index (κ1) is 46.7. The van der Waals surface area contributed by atoms with Crippen LogP contribution in [0.5, 0.6) is 17.2 Å². The first-order valence-electron chi connectivity index (χ1n) is 20.1. The molecular weight excluding hydrogens is 982 g/mol. The lowest BCUT2D eigenvalue weighted by Gasteiger charge is -2.28. The molecule has 0 aliphatic heterocycles. The Morgan fingerprint density at radius 3 is 1.85 bits per heavy atom. The van der Waals surface area contributed by atoms with E-state index in [1.54, 1.807) is 18.2 Å². The molecule has 0 aliphatic rings. The number of hydrogen-bond donors (Lipinski definition) is 1. The van der Waals surface area contributed by atoms with Crippen molar-refractivity contribution in [2.24, 2.45) is 0 Å². The number of carbonyl (C=O) groups excluding carboxylic acids is 2. The number of hydrogen-bond acceptors (Lipinski definition) is 8. The van der Waals surface area contributed by atoms with Gasteiger partial charge in [0.05, 0.1) is 10.2 Å². The van der Waals surface area contributed by atoms with Crippen molar-refractivity contribution in [3.8, 4) is 17.2 Å². The maximum absolute atomic E-state index is 13.6. The standard InChI is InChI=1S/C50H54I2O8/c1-8-35(29-43(37-19-23-41(53)24-20-37)33(2)34(3)47(54)59-49(4,5)38-15-11-9-12-16-38)36-21-25-42(26-22-36)58-32-56-27-28-57-46-44(30-40(51)31-45(46)52)48(55)60-50(6,7)39-17-13-10-14-18-39/h9-26,30-31,35,43,53H,8,27-29,32H2,1-7H3/b34-33+. The predicted molar refractivity (Wildman–Crippen MR) is 253 cm³/mol. The quantitative estimate of drug-likeness (QED) is 0.0287. The number of rotatable bonds is 19. The fourth-order valence-electron chi connectivity index (χ4n) is 6.97. The Balaban J connectivity index is 1.18. The van der Waals surface area contributed by atoms with Crippen molar-refractivity contribution >= 4 is 57.1 Å². The van der Waals surface area contributed by atoms with Crippen LogP contribution in [0.2, 0.25) is 0 Å². The van der Waals surface area contributed by atoms with E-state index < -0.39 is 17.2 Å². The van der Waals surface area contributed by atoms with Gasteiger partial charge in [-0.1, -0.05) is 97.4 Å². The lowest BCUT2D eigenvalue weighted by atomic mass is 9.79. The zero-order chi connectivity index (χ0) is 43.5. The molecule has 0 spiro atoms. The van der Waals surface area contributed by atoms with Crippen molar-refractivity contribution in [3.05, 3.63) is 167 Å². The van der Waals surface area contributed by atoms with Gasteiger partial charge in [-0.25, -0.2) is 9.59 Å². The topological polar surface area (TPSA) is 101 Å². The Bertz CT molecular complexity index is 2220. The first-order valence-corrected chi connectivity index (χ1v) is 22.2. The van der Waals surface area contributed by atoms with E-state index in [1.807, 2.05) is 133 Å². The van der Waals surface area contributed by atoms with E-state index in [1.165, 1.54) is 0 Å². The summed E-state index contributed by atoms with van der Waals surface area (Å²) >= 11 is 4.36. The van der Waals surface area contributed by atoms with Crippen molar-refractivity contribution in [1.29, 1.82) is 0 Å². The number of carbonyl (C=O) groups is 2. The molecule has 2 unspecified atom stereocenters. The maximum Gasteiger partial charge on any atom is 0.342 e. The highest BCUT2D eigenvalue weighted by atomic mass is 127. The van der Waals surface area contributed by atoms with E-state index in [0.29, 0.717) is 22.6 Å². The van der Waals surface area contributed by atoms with Gasteiger partial charge in [0, 0.05) is 15.1 Å². The van der Waals surface area contributed by atoms with Gasteiger partial charge in [0.2, 0.25) is 0 Å². The second kappa shape index (κ2) is 21.4. The molecule has 60 heavy (non-hydrogen) atoms. The van der Waals surface area contributed by atoms with Crippen LogP contribution in [-0.4, -0.2) is 37.1 Å². The molecule has 0 saturated heterocycles. The van der Waals surface area contributed by atoms with Gasteiger partial charge in [-0.15, -0.1) is 0 Å². The third kappa shape index (κ3) is 12.6. The molecule has 5 aromatic carbocycles. The lowest BCUT2D eigenvalue weighted by molar-refractivity contribution is -0.152. The number of ether oxygens (including phenoxy) is 5. The van der Waals surface area contributed by atoms with Crippen LogP contribution < -0.4 is 9.47 Å². The molecule has 0 aliphatic carbocycles. The van der Waals surface area contributed by atoms with Gasteiger partial charge in [-0.2, -0.15) is 0 Å². The average Bonchev–Trinajstić information content (AvgIpc) is 3.23. The summed E-state index contributed by atoms with van der Waals surface area (Å²) < 4.78 is 31.5. The van der Waals surface area contributed by atoms with Gasteiger partial charge >= 0.3 is 11.9 Å². The monoisotopic (exact) mass is 1040 g/mol. The zero-order valence-corrected chi connectivity index (χ0v) is 39.6. The summed E-state index contributed by atoms with van der Waals surface area (Å²) in [6, 6.07) is 38.3. The summed E-state index contributed by atoms with van der Waals surface area (Å²) in [5, 5.41) is 10.1. The Kier molecular flexibility index (Phi) is 16.6. The largest absolute Gasteiger partial charge is 0.508 e. The molecule has 5 rings (SSSR count). The van der Waals surface area contributed by atoms with E-state index in [0.717, 1.165) is 47.8 Å². The molecule has 5 aromatic rings. The van der Waals surface area contributed by atoms with Crippen LogP contribution in [0.15, 0.2) is 132 Å². The Labute approximate surface area is 381 Å². The number of esters is 2. The van der Waals surface area contributed by atoms with Crippen LogP contribution >= 0.6 is 45.2 Å². The van der Waals surface area contributed by atoms with E-state index >= 15 is 0 Å². The Hall–Kier alpha value is -4.40. The number of phenolic OH excluding ortho intramolecular Hbond substituents is 1. The molecule has 0 bridgehead atoms. The van der Waals surface area contributed by atoms with E-state index in [9.17, 15) is 14.7 Å². The SMILES string of the molecule is CCC(CC(/C(C)=C(\C)C(=O)OC(C)(C)c1ccccc1)c1ccc(O)cc1)c1ccc(OCOCCOc2c(I)cc(I)cc2C(=O)OC(C)(C)c2ccccc2)cc1. The van der Waals surface area contributed by atoms with Crippen LogP contribution in [0.3, 0.4) is 0 Å². The van der Waals surface area contributed by atoms with Gasteiger partial charge < -0.3 is 28.8 Å². The normalized spacial score (nSPS) is 13.2. The van der Waals surface area contributed by atoms with Crippen LogP contribution in [0.1, 0.15) is 106 Å². The van der Waals surface area contributed by atoms with Crippen LogP contribution in [0.4, 0.5) is 0 Å². The molecule has 0 aromatic heterocycles. The average molecular weight is 1040 g/mol. The Morgan fingerprint density at radius 2 is 1.27 bits per heavy atom. The van der Waals surface area contributed by atoms with Crippen molar-refractivity contribution in [2.45, 2.75) is 84.3 Å².